The zero-order valence-corrected chi connectivity index (χ0v) is 10.2. The van der Waals surface area contributed by atoms with E-state index >= 15 is 0 Å². The molecule has 5 heteroatoms. The lowest BCUT2D eigenvalue weighted by Gasteiger charge is -1.97. The summed E-state index contributed by atoms with van der Waals surface area (Å²) in [6.45, 7) is 0. The lowest BCUT2D eigenvalue weighted by atomic mass is 10.1. The van der Waals surface area contributed by atoms with Crippen LogP contribution in [0.15, 0.2) is 23.3 Å². The first-order chi connectivity index (χ1) is 9.31. The molecule has 2 aromatic rings. The van der Waals surface area contributed by atoms with E-state index in [-0.39, 0.29) is 5.88 Å². The zero-order valence-electron chi connectivity index (χ0n) is 10.2. The lowest BCUT2D eigenvalue weighted by molar-refractivity contribution is 0.454. The van der Waals surface area contributed by atoms with Gasteiger partial charge in [-0.25, -0.2) is 9.98 Å². The van der Waals surface area contributed by atoms with Gasteiger partial charge in [-0.1, -0.05) is 0 Å². The van der Waals surface area contributed by atoms with Gasteiger partial charge in [-0.15, -0.1) is 0 Å². The molecule has 0 spiro atoms. The summed E-state index contributed by atoms with van der Waals surface area (Å²) >= 11 is 0. The number of nitrogens with one attached hydrogen (secondary N) is 1. The topological polar surface area (TPSA) is 74.2 Å². The molecule has 1 fully saturated rings. The molecule has 0 amide bonds. The average Bonchev–Trinajstić information content (AvgIpc) is 3.11. The first-order valence-corrected chi connectivity index (χ1v) is 6.31. The Morgan fingerprint density at radius 2 is 2.26 bits per heavy atom. The second-order valence-electron chi connectivity index (χ2n) is 4.87. The number of aromatic amines is 1. The molecule has 1 aliphatic carbocycles. The highest BCUT2D eigenvalue weighted by atomic mass is 16.3. The van der Waals surface area contributed by atoms with Crippen LogP contribution in [0.5, 0.6) is 5.88 Å². The Morgan fingerprint density at radius 1 is 1.37 bits per heavy atom. The second kappa shape index (κ2) is 3.78. The minimum absolute atomic E-state index is 0.0557. The molecular weight excluding hydrogens is 240 g/mol. The van der Waals surface area contributed by atoms with Gasteiger partial charge in [0.1, 0.15) is 11.5 Å². The van der Waals surface area contributed by atoms with Crippen LogP contribution in [0.2, 0.25) is 0 Å². The summed E-state index contributed by atoms with van der Waals surface area (Å²) in [5.41, 5.74) is 2.55. The molecule has 2 aromatic heterocycles. The van der Waals surface area contributed by atoms with Crippen LogP contribution in [-0.2, 0) is 0 Å². The van der Waals surface area contributed by atoms with Crippen LogP contribution in [0.4, 0.5) is 5.82 Å². The van der Waals surface area contributed by atoms with Crippen LogP contribution < -0.4 is 0 Å². The molecule has 0 unspecified atom stereocenters. The number of nitrogens with zero attached hydrogens (tertiary/aromatic N) is 3. The monoisotopic (exact) mass is 252 g/mol. The van der Waals surface area contributed by atoms with Gasteiger partial charge < -0.3 is 10.1 Å². The summed E-state index contributed by atoms with van der Waals surface area (Å²) in [7, 11) is 0. The van der Waals surface area contributed by atoms with Gasteiger partial charge in [0.25, 0.3) is 0 Å². The lowest BCUT2D eigenvalue weighted by Crippen LogP contribution is -1.83. The molecule has 0 radical (unpaired) electrons. The Bertz CT molecular complexity index is 710. The van der Waals surface area contributed by atoms with Gasteiger partial charge in [-0.3, -0.25) is 0 Å². The molecule has 2 aliphatic rings. The van der Waals surface area contributed by atoms with Gasteiger partial charge in [0, 0.05) is 29.5 Å². The Morgan fingerprint density at radius 3 is 3.11 bits per heavy atom. The molecule has 1 aliphatic heterocycles. The fourth-order valence-electron chi connectivity index (χ4n) is 2.24. The maximum atomic E-state index is 9.87. The Kier molecular flexibility index (Phi) is 2.09. The summed E-state index contributed by atoms with van der Waals surface area (Å²) in [6, 6.07) is 3.85. The van der Waals surface area contributed by atoms with Crippen molar-refractivity contribution in [3.8, 4) is 5.88 Å². The van der Waals surface area contributed by atoms with Crippen LogP contribution in [0.3, 0.4) is 0 Å². The molecule has 2 N–H and O–H groups in total. The van der Waals surface area contributed by atoms with E-state index in [4.69, 9.17) is 0 Å². The van der Waals surface area contributed by atoms with Crippen molar-refractivity contribution in [1.82, 2.24) is 15.0 Å². The van der Waals surface area contributed by atoms with Crippen LogP contribution in [0.25, 0.3) is 11.6 Å². The number of pyridine rings is 1. The number of imidazole rings is 1. The molecule has 1 saturated carbocycles. The number of aromatic hydroxyl groups is 1. The van der Waals surface area contributed by atoms with Gasteiger partial charge in [-0.2, -0.15) is 4.98 Å². The van der Waals surface area contributed by atoms with E-state index in [2.05, 4.69) is 19.9 Å². The fourth-order valence-corrected chi connectivity index (χ4v) is 2.24. The molecule has 0 saturated heterocycles. The Balaban J connectivity index is 1.75. The Labute approximate surface area is 109 Å². The van der Waals surface area contributed by atoms with E-state index in [1.807, 2.05) is 18.2 Å². The summed E-state index contributed by atoms with van der Waals surface area (Å²) in [5, 5.41) is 9.87. The summed E-state index contributed by atoms with van der Waals surface area (Å²) in [5.74, 6) is 2.14. The Hall–Kier alpha value is -2.43. The van der Waals surface area contributed by atoms with Crippen molar-refractivity contribution in [2.45, 2.75) is 18.8 Å². The summed E-state index contributed by atoms with van der Waals surface area (Å²) in [6.07, 6.45) is 7.65. The maximum Gasteiger partial charge on any atom is 0.237 e. The van der Waals surface area contributed by atoms with E-state index in [0.717, 1.165) is 35.6 Å². The molecule has 94 valence electrons. The molecule has 19 heavy (non-hydrogen) atoms. The van der Waals surface area contributed by atoms with E-state index in [1.165, 1.54) is 0 Å². The number of fused-ring (bicyclic) bond motifs is 1. The first kappa shape index (κ1) is 10.5. The summed E-state index contributed by atoms with van der Waals surface area (Å²) in [4.78, 5) is 15.8. The number of rotatable bonds is 2. The highest BCUT2D eigenvalue weighted by Gasteiger charge is 2.28. The van der Waals surface area contributed by atoms with Crippen LogP contribution in [0.1, 0.15) is 35.8 Å². The smallest absolute Gasteiger partial charge is 0.237 e. The minimum Gasteiger partial charge on any atom is -0.492 e. The molecular formula is C14H12N4O. The van der Waals surface area contributed by atoms with Crippen LogP contribution in [-0.4, -0.2) is 26.3 Å². The summed E-state index contributed by atoms with van der Waals surface area (Å²) < 4.78 is 0. The molecule has 0 atom stereocenters. The number of allylic oxidation sites excluding steroid dienone is 1. The zero-order chi connectivity index (χ0) is 12.8. The maximum absolute atomic E-state index is 9.87. The molecule has 3 heterocycles. The highest BCUT2D eigenvalue weighted by molar-refractivity contribution is 6.20. The van der Waals surface area contributed by atoms with Crippen LogP contribution >= 0.6 is 0 Å². The predicted octanol–water partition coefficient (Wildman–Crippen LogP) is 2.64. The number of aliphatic imine (C=N–C) groups is 1. The molecule has 5 nitrogen and oxygen atoms in total. The first-order valence-electron chi connectivity index (χ1n) is 6.31. The normalized spacial score (nSPS) is 19.1. The third-order valence-corrected chi connectivity index (χ3v) is 3.42. The van der Waals surface area contributed by atoms with E-state index in [0.29, 0.717) is 11.6 Å². The molecule has 0 aromatic carbocycles. The molecule has 0 bridgehead atoms. The largest absolute Gasteiger partial charge is 0.492 e. The SMILES string of the molecule is Oc1nc(C2CC2)[nH]c1/C=C1/C=Nc2ncccc21. The second-order valence-corrected chi connectivity index (χ2v) is 4.87. The number of hydrogen-bond donors (Lipinski definition) is 2. The third kappa shape index (κ3) is 1.74. The van der Waals surface area contributed by atoms with Crippen molar-refractivity contribution in [2.75, 3.05) is 0 Å². The minimum atomic E-state index is 0.0557. The molecule has 4 rings (SSSR count). The van der Waals surface area contributed by atoms with Crippen LogP contribution in [0, 0.1) is 0 Å². The third-order valence-electron chi connectivity index (χ3n) is 3.42. The van der Waals surface area contributed by atoms with Gasteiger partial charge in [0.05, 0.1) is 0 Å². The van der Waals surface area contributed by atoms with Gasteiger partial charge in [0.15, 0.2) is 5.82 Å². The van der Waals surface area contributed by atoms with Crippen molar-refractivity contribution in [2.24, 2.45) is 4.99 Å². The number of aromatic nitrogens is 3. The quantitative estimate of drug-likeness (QED) is 0.862. The number of hydrogen-bond acceptors (Lipinski definition) is 4. The average molecular weight is 252 g/mol. The standard InChI is InChI=1S/C14H12N4O/c19-14-11(17-12(18-14)8-3-4-8)6-9-7-16-13-10(9)2-1-5-15-13/h1-2,5-8,19H,3-4H2,(H,17,18)/b9-6-. The van der Waals surface area contributed by atoms with Crippen molar-refractivity contribution >= 4 is 23.7 Å². The van der Waals surface area contributed by atoms with Gasteiger partial charge >= 0.3 is 0 Å². The van der Waals surface area contributed by atoms with Crippen molar-refractivity contribution in [3.63, 3.8) is 0 Å². The van der Waals surface area contributed by atoms with Gasteiger partial charge in [-0.05, 0) is 31.1 Å². The van der Waals surface area contributed by atoms with Gasteiger partial charge in [0.2, 0.25) is 5.88 Å². The van der Waals surface area contributed by atoms with E-state index in [9.17, 15) is 5.11 Å². The van der Waals surface area contributed by atoms with E-state index in [1.54, 1.807) is 12.4 Å². The van der Waals surface area contributed by atoms with Crippen molar-refractivity contribution in [1.29, 1.82) is 0 Å². The van der Waals surface area contributed by atoms with E-state index < -0.39 is 0 Å². The predicted molar refractivity (Wildman–Crippen MR) is 72.5 cm³/mol. The van der Waals surface area contributed by atoms with Crippen molar-refractivity contribution in [3.05, 3.63) is 35.4 Å². The number of H-pyrrole nitrogens is 1. The fraction of sp³-hybridized carbons (Fsp3) is 0.214. The van der Waals surface area contributed by atoms with Crippen molar-refractivity contribution < 1.29 is 5.11 Å². The highest BCUT2D eigenvalue weighted by Crippen LogP contribution is 2.40.